The molecule has 0 radical (unpaired) electrons. The molecule has 0 saturated heterocycles. The molecule has 1 N–H and O–H groups in total. The van der Waals surface area contributed by atoms with Crippen LogP contribution < -0.4 is 4.72 Å². The van der Waals surface area contributed by atoms with Gasteiger partial charge in [0, 0.05) is 19.1 Å². The minimum absolute atomic E-state index is 0.0800. The van der Waals surface area contributed by atoms with Crippen molar-refractivity contribution >= 4 is 15.7 Å². The molecular formula is C15H18N4O5S. The second kappa shape index (κ2) is 6.52. The normalized spacial score (nSPS) is 16.8. The topological polar surface area (TPSA) is 128 Å². The molecule has 10 heteroatoms. The van der Waals surface area contributed by atoms with Crippen LogP contribution in [0.15, 0.2) is 28.8 Å². The van der Waals surface area contributed by atoms with Crippen molar-refractivity contribution in [1.29, 1.82) is 0 Å². The van der Waals surface area contributed by atoms with Crippen LogP contribution in [-0.2, 0) is 21.3 Å². The number of non-ortho nitro benzene ring substituents is 1. The van der Waals surface area contributed by atoms with Crippen LogP contribution in [0.25, 0.3) is 0 Å². The Balaban J connectivity index is 1.80. The van der Waals surface area contributed by atoms with E-state index in [1.54, 1.807) is 6.92 Å². The molecule has 1 fully saturated rings. The maximum Gasteiger partial charge on any atom is 0.269 e. The van der Waals surface area contributed by atoms with Crippen molar-refractivity contribution in [2.75, 3.05) is 0 Å². The summed E-state index contributed by atoms with van der Waals surface area (Å²) >= 11 is 0. The monoisotopic (exact) mass is 366 g/mol. The van der Waals surface area contributed by atoms with Crippen molar-refractivity contribution in [3.8, 4) is 0 Å². The summed E-state index contributed by atoms with van der Waals surface area (Å²) in [6.45, 7) is 1.66. The lowest BCUT2D eigenvalue weighted by Crippen LogP contribution is -2.45. The second-order valence-corrected chi connectivity index (χ2v) is 7.93. The van der Waals surface area contributed by atoms with E-state index in [1.165, 1.54) is 24.3 Å². The van der Waals surface area contributed by atoms with E-state index in [1.807, 2.05) is 0 Å². The van der Waals surface area contributed by atoms with Gasteiger partial charge in [-0.25, -0.2) is 13.1 Å². The van der Waals surface area contributed by atoms with Crippen LogP contribution in [-0.4, -0.2) is 23.5 Å². The number of nitro groups is 1. The van der Waals surface area contributed by atoms with Crippen LogP contribution in [0, 0.1) is 17.0 Å². The zero-order valence-electron chi connectivity index (χ0n) is 13.6. The summed E-state index contributed by atoms with van der Waals surface area (Å²) in [6.07, 6.45) is 2.94. The summed E-state index contributed by atoms with van der Waals surface area (Å²) in [7, 11) is -3.69. The van der Waals surface area contributed by atoms with E-state index in [-0.39, 0.29) is 11.4 Å². The SMILES string of the molecule is Cc1nc(C2(NS(=O)(=O)Cc3ccc([N+](=O)[O-])cc3)CCCC2)no1. The number of hydrogen-bond acceptors (Lipinski definition) is 7. The second-order valence-electron chi connectivity index (χ2n) is 6.21. The average molecular weight is 366 g/mol. The standard InChI is InChI=1S/C15H18N4O5S/c1-11-16-14(17-24-11)15(8-2-3-9-15)18-25(22,23)10-12-4-6-13(7-5-12)19(20)21/h4-7,18H,2-3,8-10H2,1H3. The van der Waals surface area contributed by atoms with Gasteiger partial charge in [0.25, 0.3) is 5.69 Å². The molecule has 0 aliphatic heterocycles. The highest BCUT2D eigenvalue weighted by molar-refractivity contribution is 7.88. The van der Waals surface area contributed by atoms with Gasteiger partial charge in [0.05, 0.1) is 16.2 Å². The molecule has 1 aliphatic rings. The number of nitrogens with zero attached hydrogens (tertiary/aromatic N) is 3. The molecule has 0 spiro atoms. The van der Waals surface area contributed by atoms with Gasteiger partial charge in [-0.15, -0.1) is 0 Å². The van der Waals surface area contributed by atoms with Crippen molar-refractivity contribution in [1.82, 2.24) is 14.9 Å². The fraction of sp³-hybridized carbons (Fsp3) is 0.467. The highest BCUT2D eigenvalue weighted by Crippen LogP contribution is 2.38. The summed E-state index contributed by atoms with van der Waals surface area (Å²) in [5.74, 6) is 0.467. The molecule has 1 aromatic heterocycles. The number of benzene rings is 1. The van der Waals surface area contributed by atoms with Crippen molar-refractivity contribution < 1.29 is 17.9 Å². The Morgan fingerprint density at radius 1 is 1.28 bits per heavy atom. The molecule has 134 valence electrons. The van der Waals surface area contributed by atoms with Crippen molar-refractivity contribution in [2.45, 2.75) is 43.9 Å². The maximum atomic E-state index is 12.6. The molecule has 3 rings (SSSR count). The van der Waals surface area contributed by atoms with Gasteiger partial charge < -0.3 is 4.52 Å². The van der Waals surface area contributed by atoms with E-state index in [0.29, 0.717) is 30.1 Å². The van der Waals surface area contributed by atoms with E-state index < -0.39 is 20.5 Å². The lowest BCUT2D eigenvalue weighted by atomic mass is 9.99. The smallest absolute Gasteiger partial charge is 0.269 e. The summed E-state index contributed by atoms with van der Waals surface area (Å²) < 4.78 is 33.0. The number of nitrogens with one attached hydrogen (secondary N) is 1. The molecule has 0 atom stereocenters. The van der Waals surface area contributed by atoms with Crippen molar-refractivity contribution in [3.63, 3.8) is 0 Å². The minimum Gasteiger partial charge on any atom is -0.340 e. The van der Waals surface area contributed by atoms with Crippen LogP contribution in [0.5, 0.6) is 0 Å². The highest BCUT2D eigenvalue weighted by atomic mass is 32.2. The Labute approximate surface area is 144 Å². The third-order valence-corrected chi connectivity index (χ3v) is 5.68. The molecule has 0 unspecified atom stereocenters. The number of rotatable bonds is 6. The molecule has 0 amide bonds. The van der Waals surface area contributed by atoms with Gasteiger partial charge >= 0.3 is 0 Å². The molecule has 25 heavy (non-hydrogen) atoms. The van der Waals surface area contributed by atoms with Crippen LogP contribution in [0.2, 0.25) is 0 Å². The summed E-state index contributed by atoms with van der Waals surface area (Å²) in [5.41, 5.74) is -0.462. The number of aryl methyl sites for hydroxylation is 1. The molecule has 9 nitrogen and oxygen atoms in total. The van der Waals surface area contributed by atoms with E-state index in [0.717, 1.165) is 12.8 Å². The quantitative estimate of drug-likeness (QED) is 0.613. The molecule has 1 aliphatic carbocycles. The fourth-order valence-electron chi connectivity index (χ4n) is 3.11. The largest absolute Gasteiger partial charge is 0.340 e. The van der Waals surface area contributed by atoms with Gasteiger partial charge in [-0.05, 0) is 18.4 Å². The van der Waals surface area contributed by atoms with E-state index >= 15 is 0 Å². The van der Waals surface area contributed by atoms with Crippen molar-refractivity contribution in [2.24, 2.45) is 0 Å². The molecule has 1 aromatic carbocycles. The molecule has 1 heterocycles. The minimum atomic E-state index is -3.69. The lowest BCUT2D eigenvalue weighted by Gasteiger charge is -2.26. The molecule has 2 aromatic rings. The Morgan fingerprint density at radius 3 is 2.44 bits per heavy atom. The predicted molar refractivity (Wildman–Crippen MR) is 88.0 cm³/mol. The zero-order chi connectivity index (χ0) is 18.1. The van der Waals surface area contributed by atoms with Gasteiger partial charge in [0.15, 0.2) is 5.82 Å². The lowest BCUT2D eigenvalue weighted by molar-refractivity contribution is -0.384. The Hall–Kier alpha value is -2.33. The highest BCUT2D eigenvalue weighted by Gasteiger charge is 2.43. The van der Waals surface area contributed by atoms with Gasteiger partial charge in [-0.1, -0.05) is 30.1 Å². The van der Waals surface area contributed by atoms with Gasteiger partial charge in [0.1, 0.15) is 0 Å². The average Bonchev–Trinajstić information content (AvgIpc) is 3.17. The number of sulfonamides is 1. The third-order valence-electron chi connectivity index (χ3n) is 4.27. The Morgan fingerprint density at radius 2 is 1.92 bits per heavy atom. The number of aromatic nitrogens is 2. The first-order valence-corrected chi connectivity index (χ1v) is 9.51. The van der Waals surface area contributed by atoms with Crippen LogP contribution in [0.1, 0.15) is 43.0 Å². The first-order chi connectivity index (χ1) is 11.8. The third kappa shape index (κ3) is 3.85. The predicted octanol–water partition coefficient (Wildman–Crippen LogP) is 2.18. The Kier molecular flexibility index (Phi) is 4.56. The van der Waals surface area contributed by atoms with E-state index in [2.05, 4.69) is 14.9 Å². The fourth-order valence-corrected chi connectivity index (χ4v) is 4.70. The first kappa shape index (κ1) is 17.5. The molecule has 0 bridgehead atoms. The summed E-state index contributed by atoms with van der Waals surface area (Å²) in [5, 5.41) is 14.6. The van der Waals surface area contributed by atoms with Crippen LogP contribution in [0.3, 0.4) is 0 Å². The number of nitro benzene ring substituents is 1. The van der Waals surface area contributed by atoms with Gasteiger partial charge in [0.2, 0.25) is 15.9 Å². The van der Waals surface area contributed by atoms with E-state index in [9.17, 15) is 18.5 Å². The Bertz CT molecular complexity index is 870. The molecular weight excluding hydrogens is 348 g/mol. The van der Waals surface area contributed by atoms with E-state index in [4.69, 9.17) is 4.52 Å². The maximum absolute atomic E-state index is 12.6. The first-order valence-electron chi connectivity index (χ1n) is 7.85. The zero-order valence-corrected chi connectivity index (χ0v) is 14.5. The summed E-state index contributed by atoms with van der Waals surface area (Å²) in [6, 6.07) is 5.46. The summed E-state index contributed by atoms with van der Waals surface area (Å²) in [4.78, 5) is 14.4. The van der Waals surface area contributed by atoms with Gasteiger partial charge in [-0.2, -0.15) is 4.98 Å². The van der Waals surface area contributed by atoms with Crippen LogP contribution >= 0.6 is 0 Å². The molecule has 1 saturated carbocycles. The van der Waals surface area contributed by atoms with Crippen molar-refractivity contribution in [3.05, 3.63) is 51.7 Å². The van der Waals surface area contributed by atoms with Crippen LogP contribution in [0.4, 0.5) is 5.69 Å². The van der Waals surface area contributed by atoms with Gasteiger partial charge in [-0.3, -0.25) is 10.1 Å². The number of hydrogen-bond donors (Lipinski definition) is 1.